The second-order valence-electron chi connectivity index (χ2n) is 10.7. The van der Waals surface area contributed by atoms with Crippen LogP contribution in [-0.2, 0) is 19.6 Å². The number of rotatable bonds is 8. The van der Waals surface area contributed by atoms with Crippen LogP contribution in [0.15, 0.2) is 18.2 Å². The predicted molar refractivity (Wildman–Crippen MR) is 143 cm³/mol. The second kappa shape index (κ2) is 11.4. The van der Waals surface area contributed by atoms with Crippen LogP contribution in [0.3, 0.4) is 0 Å². The van der Waals surface area contributed by atoms with Gasteiger partial charge in [0.25, 0.3) is 0 Å². The first kappa shape index (κ1) is 27.4. The fraction of sp³-hybridized carbons (Fsp3) is 0.692. The Balaban J connectivity index is 1.40. The Bertz CT molecular complexity index is 1060. The Hall–Kier alpha value is -1.68. The largest absolute Gasteiger partial charge is 0.343 e. The Morgan fingerprint density at radius 2 is 1.75 bits per heavy atom. The lowest BCUT2D eigenvalue weighted by Gasteiger charge is -2.39. The number of fused-ring (bicyclic) bond motifs is 2. The van der Waals surface area contributed by atoms with Gasteiger partial charge in [-0.05, 0) is 69.6 Å². The monoisotopic (exact) mass is 538 g/mol. The van der Waals surface area contributed by atoms with E-state index in [-0.39, 0.29) is 23.8 Å². The van der Waals surface area contributed by atoms with Crippen molar-refractivity contribution in [1.82, 2.24) is 14.5 Å². The molecular weight excluding hydrogens is 500 g/mol. The third-order valence-electron chi connectivity index (χ3n) is 8.09. The van der Waals surface area contributed by atoms with Crippen molar-refractivity contribution in [3.8, 4) is 0 Å². The molecule has 3 heterocycles. The zero-order valence-electron chi connectivity index (χ0n) is 21.6. The van der Waals surface area contributed by atoms with Crippen molar-refractivity contribution in [3.63, 3.8) is 0 Å². The molecule has 1 N–H and O–H groups in total. The minimum absolute atomic E-state index is 0.0161. The number of piperidine rings is 2. The smallest absolute Gasteiger partial charge is 0.230 e. The number of carbonyl (C=O) groups is 2. The first-order chi connectivity index (χ1) is 17.0. The maximum Gasteiger partial charge on any atom is 0.230 e. The molecule has 3 aliphatic rings. The summed E-state index contributed by atoms with van der Waals surface area (Å²) in [4.78, 5) is 31.6. The Kier molecular flexibility index (Phi) is 8.64. The van der Waals surface area contributed by atoms with Crippen LogP contribution in [0.1, 0.15) is 57.4 Å². The van der Waals surface area contributed by atoms with Gasteiger partial charge in [-0.1, -0.05) is 17.7 Å². The highest BCUT2D eigenvalue weighted by molar-refractivity contribution is 7.88. The van der Waals surface area contributed by atoms with E-state index in [2.05, 4.69) is 9.62 Å². The van der Waals surface area contributed by atoms with Crippen molar-refractivity contribution < 1.29 is 18.0 Å². The molecule has 1 aromatic carbocycles. The number of carbonyl (C=O) groups excluding carboxylic acids is 2. The van der Waals surface area contributed by atoms with E-state index < -0.39 is 10.0 Å². The Labute approximate surface area is 220 Å². The number of halogens is 1. The zero-order chi connectivity index (χ0) is 26.0. The average Bonchev–Trinajstić information content (AvgIpc) is 3.05. The molecule has 3 aliphatic heterocycles. The van der Waals surface area contributed by atoms with Gasteiger partial charge in [0.2, 0.25) is 21.8 Å². The van der Waals surface area contributed by atoms with Crippen LogP contribution in [0.4, 0.5) is 5.69 Å². The SMILES string of the molecule is CC(=O)N1CCC(C(=O)N(CCCN2C3CCC2CC(NS(C)(=O)=O)C3)c2ccc(C)c(Cl)c2)CC1. The summed E-state index contributed by atoms with van der Waals surface area (Å²) in [5, 5.41) is 0.648. The van der Waals surface area contributed by atoms with Crippen molar-refractivity contribution in [2.75, 3.05) is 37.3 Å². The number of nitrogens with zero attached hydrogens (tertiary/aromatic N) is 3. The van der Waals surface area contributed by atoms with E-state index in [1.54, 1.807) is 6.92 Å². The van der Waals surface area contributed by atoms with Crippen molar-refractivity contribution in [1.29, 1.82) is 0 Å². The maximum absolute atomic E-state index is 13.7. The highest BCUT2D eigenvalue weighted by Gasteiger charge is 2.41. The summed E-state index contributed by atoms with van der Waals surface area (Å²) in [6, 6.07) is 6.59. The van der Waals surface area contributed by atoms with E-state index in [4.69, 9.17) is 11.6 Å². The molecule has 0 aliphatic carbocycles. The molecule has 0 aromatic heterocycles. The third-order valence-corrected chi connectivity index (χ3v) is 9.25. The van der Waals surface area contributed by atoms with Gasteiger partial charge >= 0.3 is 0 Å². The number of amides is 2. The third kappa shape index (κ3) is 6.60. The fourth-order valence-corrected chi connectivity index (χ4v) is 7.20. The average molecular weight is 539 g/mol. The molecule has 0 saturated carbocycles. The number of hydrogen-bond donors (Lipinski definition) is 1. The van der Waals surface area contributed by atoms with Gasteiger partial charge in [-0.15, -0.1) is 0 Å². The summed E-state index contributed by atoms with van der Waals surface area (Å²) in [6.07, 6.45) is 7.30. The van der Waals surface area contributed by atoms with Crippen LogP contribution in [0.2, 0.25) is 5.02 Å². The van der Waals surface area contributed by atoms with Crippen LogP contribution in [0.5, 0.6) is 0 Å². The molecule has 0 spiro atoms. The molecule has 10 heteroatoms. The predicted octanol–water partition coefficient (Wildman–Crippen LogP) is 3.17. The first-order valence-electron chi connectivity index (χ1n) is 13.1. The number of hydrogen-bond acceptors (Lipinski definition) is 5. The summed E-state index contributed by atoms with van der Waals surface area (Å²) in [7, 11) is -3.20. The number of anilines is 1. The first-order valence-corrected chi connectivity index (χ1v) is 15.3. The lowest BCUT2D eigenvalue weighted by Crippen LogP contribution is -2.51. The molecule has 200 valence electrons. The molecule has 36 heavy (non-hydrogen) atoms. The summed E-state index contributed by atoms with van der Waals surface area (Å²) < 4.78 is 26.2. The fourth-order valence-electron chi connectivity index (χ4n) is 6.23. The van der Waals surface area contributed by atoms with Crippen molar-refractivity contribution in [3.05, 3.63) is 28.8 Å². The standard InChI is InChI=1S/C26H39ClN4O4S/c1-18-5-6-24(17-25(18)27)31(26(33)20-9-13-29(14-10-20)19(2)32)12-4-11-30-22-7-8-23(30)16-21(15-22)28-36(3,34)35/h5-6,17,20-23,28H,4,7-16H2,1-3H3. The van der Waals surface area contributed by atoms with Gasteiger partial charge in [0.15, 0.2) is 0 Å². The van der Waals surface area contributed by atoms with Crippen molar-refractivity contribution >= 4 is 39.1 Å². The molecule has 2 amide bonds. The summed E-state index contributed by atoms with van der Waals surface area (Å²) >= 11 is 6.42. The molecule has 2 unspecified atom stereocenters. The number of nitrogens with one attached hydrogen (secondary N) is 1. The maximum atomic E-state index is 13.7. The van der Waals surface area contributed by atoms with Crippen LogP contribution in [-0.4, -0.2) is 80.6 Å². The second-order valence-corrected chi connectivity index (χ2v) is 12.9. The summed E-state index contributed by atoms with van der Waals surface area (Å²) in [6.45, 7) is 6.25. The summed E-state index contributed by atoms with van der Waals surface area (Å²) in [5.74, 6) is 0.0695. The molecule has 2 bridgehead atoms. The minimum Gasteiger partial charge on any atom is -0.343 e. The molecule has 0 radical (unpaired) electrons. The van der Waals surface area contributed by atoms with Gasteiger partial charge in [0, 0.05) is 67.9 Å². The van der Waals surface area contributed by atoms with Gasteiger partial charge < -0.3 is 9.80 Å². The van der Waals surface area contributed by atoms with Gasteiger partial charge in [-0.2, -0.15) is 0 Å². The number of aryl methyl sites for hydroxylation is 1. The van der Waals surface area contributed by atoms with Crippen LogP contribution in [0.25, 0.3) is 0 Å². The number of likely N-dealkylation sites (tertiary alicyclic amines) is 1. The summed E-state index contributed by atoms with van der Waals surface area (Å²) in [5.41, 5.74) is 1.80. The van der Waals surface area contributed by atoms with Crippen LogP contribution >= 0.6 is 11.6 Å². The topological polar surface area (TPSA) is 90.0 Å². The van der Waals surface area contributed by atoms with Crippen LogP contribution in [0, 0.1) is 12.8 Å². The lowest BCUT2D eigenvalue weighted by molar-refractivity contribution is -0.133. The number of benzene rings is 1. The highest BCUT2D eigenvalue weighted by atomic mass is 35.5. The van der Waals surface area contributed by atoms with E-state index in [1.807, 2.05) is 34.9 Å². The molecule has 8 nitrogen and oxygen atoms in total. The Morgan fingerprint density at radius 3 is 2.31 bits per heavy atom. The van der Waals surface area contributed by atoms with E-state index in [0.717, 1.165) is 49.9 Å². The van der Waals surface area contributed by atoms with Crippen molar-refractivity contribution in [2.45, 2.75) is 76.9 Å². The van der Waals surface area contributed by atoms with Gasteiger partial charge in [-0.3, -0.25) is 14.5 Å². The molecule has 1 aromatic rings. The highest BCUT2D eigenvalue weighted by Crippen LogP contribution is 2.36. The van der Waals surface area contributed by atoms with Gasteiger partial charge in [0.1, 0.15) is 0 Å². The molecule has 4 rings (SSSR count). The lowest BCUT2D eigenvalue weighted by atomic mass is 9.94. The van der Waals surface area contributed by atoms with E-state index in [1.165, 1.54) is 6.26 Å². The molecule has 3 fully saturated rings. The number of sulfonamides is 1. The normalized spacial score (nSPS) is 25.2. The van der Waals surface area contributed by atoms with Crippen molar-refractivity contribution in [2.24, 2.45) is 5.92 Å². The quantitative estimate of drug-likeness (QED) is 0.549. The van der Waals surface area contributed by atoms with Gasteiger partial charge in [-0.25, -0.2) is 13.1 Å². The van der Waals surface area contributed by atoms with E-state index in [0.29, 0.717) is 49.6 Å². The minimum atomic E-state index is -3.20. The Morgan fingerprint density at radius 1 is 1.11 bits per heavy atom. The van der Waals surface area contributed by atoms with E-state index >= 15 is 0 Å². The molecular formula is C26H39ClN4O4S. The zero-order valence-corrected chi connectivity index (χ0v) is 23.2. The molecule has 3 saturated heterocycles. The molecule has 2 atom stereocenters. The van der Waals surface area contributed by atoms with Gasteiger partial charge in [0.05, 0.1) is 6.26 Å². The van der Waals surface area contributed by atoms with Crippen LogP contribution < -0.4 is 9.62 Å². The van der Waals surface area contributed by atoms with E-state index in [9.17, 15) is 18.0 Å².